The molecular formula is C13H14ClF2NO. The summed E-state index contributed by atoms with van der Waals surface area (Å²) < 4.78 is 26.0. The first-order valence-corrected chi connectivity index (χ1v) is 6.39. The fourth-order valence-electron chi connectivity index (χ4n) is 2.15. The Bertz CT molecular complexity index is 424. The van der Waals surface area contributed by atoms with Crippen LogP contribution in [0.15, 0.2) is 18.2 Å². The molecule has 1 fully saturated rings. The fraction of sp³-hybridized carbons (Fsp3) is 0.462. The highest BCUT2D eigenvalue weighted by atomic mass is 35.5. The van der Waals surface area contributed by atoms with Gasteiger partial charge in [0, 0.05) is 23.0 Å². The lowest BCUT2D eigenvalue weighted by Crippen LogP contribution is -2.37. The summed E-state index contributed by atoms with van der Waals surface area (Å²) in [7, 11) is 0. The lowest BCUT2D eigenvalue weighted by Gasteiger charge is -2.25. The zero-order chi connectivity index (χ0) is 13.1. The maximum absolute atomic E-state index is 13.0. The smallest absolute Gasteiger partial charge is 0.251 e. The van der Waals surface area contributed by atoms with Gasteiger partial charge in [-0.05, 0) is 37.8 Å². The van der Waals surface area contributed by atoms with Crippen molar-refractivity contribution in [2.75, 3.05) is 0 Å². The topological polar surface area (TPSA) is 29.1 Å². The SMILES string of the molecule is O=C(NC1CCC(Cl)CC1)c1cc(F)cc(F)c1. The molecule has 0 bridgehead atoms. The Kier molecular flexibility index (Phi) is 4.17. The largest absolute Gasteiger partial charge is 0.349 e. The molecule has 1 aliphatic rings. The molecule has 0 radical (unpaired) electrons. The van der Waals surface area contributed by atoms with Gasteiger partial charge < -0.3 is 5.32 Å². The molecule has 98 valence electrons. The molecule has 0 heterocycles. The third kappa shape index (κ3) is 3.42. The Labute approximate surface area is 109 Å². The molecule has 1 aliphatic carbocycles. The number of hydrogen-bond donors (Lipinski definition) is 1. The van der Waals surface area contributed by atoms with Gasteiger partial charge in [0.25, 0.3) is 5.91 Å². The van der Waals surface area contributed by atoms with Crippen LogP contribution in [-0.4, -0.2) is 17.3 Å². The van der Waals surface area contributed by atoms with Gasteiger partial charge in [0.05, 0.1) is 0 Å². The fourth-order valence-corrected chi connectivity index (χ4v) is 2.40. The number of benzene rings is 1. The Morgan fingerprint density at radius 3 is 2.22 bits per heavy atom. The number of carbonyl (C=O) groups is 1. The lowest BCUT2D eigenvalue weighted by molar-refractivity contribution is 0.0927. The van der Waals surface area contributed by atoms with Crippen LogP contribution in [0.1, 0.15) is 36.0 Å². The van der Waals surface area contributed by atoms with Crippen molar-refractivity contribution in [1.82, 2.24) is 5.32 Å². The van der Waals surface area contributed by atoms with Crippen LogP contribution in [0, 0.1) is 11.6 Å². The molecule has 0 atom stereocenters. The van der Waals surface area contributed by atoms with E-state index in [-0.39, 0.29) is 17.0 Å². The van der Waals surface area contributed by atoms with Crippen LogP contribution < -0.4 is 5.32 Å². The average Bonchev–Trinajstić information content (AvgIpc) is 2.31. The van der Waals surface area contributed by atoms with Gasteiger partial charge in [-0.2, -0.15) is 0 Å². The van der Waals surface area contributed by atoms with E-state index in [2.05, 4.69) is 5.32 Å². The van der Waals surface area contributed by atoms with Gasteiger partial charge in [0.2, 0.25) is 0 Å². The summed E-state index contributed by atoms with van der Waals surface area (Å²) in [5, 5.41) is 2.95. The standard InChI is InChI=1S/C13H14ClF2NO/c14-9-1-3-12(4-2-9)17-13(18)8-5-10(15)7-11(16)6-8/h5-7,9,12H,1-4H2,(H,17,18). The number of alkyl halides is 1. The molecule has 1 amide bonds. The molecule has 2 nitrogen and oxygen atoms in total. The van der Waals surface area contributed by atoms with Crippen LogP contribution in [0.25, 0.3) is 0 Å². The number of amides is 1. The summed E-state index contributed by atoms with van der Waals surface area (Å²) in [5.41, 5.74) is 0.0143. The highest BCUT2D eigenvalue weighted by molar-refractivity contribution is 6.20. The summed E-state index contributed by atoms with van der Waals surface area (Å²) >= 11 is 5.97. The molecular weight excluding hydrogens is 260 g/mol. The van der Waals surface area contributed by atoms with E-state index in [0.717, 1.165) is 43.9 Å². The van der Waals surface area contributed by atoms with Gasteiger partial charge in [0.15, 0.2) is 0 Å². The molecule has 1 aromatic carbocycles. The average molecular weight is 274 g/mol. The Hall–Kier alpha value is -1.16. The normalized spacial score (nSPS) is 23.7. The second kappa shape index (κ2) is 5.65. The van der Waals surface area contributed by atoms with E-state index in [4.69, 9.17) is 11.6 Å². The summed E-state index contributed by atoms with van der Waals surface area (Å²) in [6.45, 7) is 0. The molecule has 0 spiro atoms. The van der Waals surface area contributed by atoms with Crippen molar-refractivity contribution in [3.63, 3.8) is 0 Å². The number of halogens is 3. The molecule has 18 heavy (non-hydrogen) atoms. The van der Waals surface area contributed by atoms with E-state index in [0.29, 0.717) is 0 Å². The summed E-state index contributed by atoms with van der Waals surface area (Å²) in [4.78, 5) is 11.8. The van der Waals surface area contributed by atoms with Crippen molar-refractivity contribution in [3.8, 4) is 0 Å². The number of hydrogen-bond acceptors (Lipinski definition) is 1. The van der Waals surface area contributed by atoms with E-state index in [1.807, 2.05) is 0 Å². The van der Waals surface area contributed by atoms with Crippen molar-refractivity contribution in [2.24, 2.45) is 0 Å². The maximum Gasteiger partial charge on any atom is 0.251 e. The zero-order valence-corrected chi connectivity index (χ0v) is 10.5. The van der Waals surface area contributed by atoms with Crippen LogP contribution in [-0.2, 0) is 0 Å². The van der Waals surface area contributed by atoms with E-state index < -0.39 is 17.5 Å². The second-order valence-corrected chi connectivity index (χ2v) is 5.20. The highest BCUT2D eigenvalue weighted by Crippen LogP contribution is 2.23. The Balaban J connectivity index is 1.99. The first-order valence-electron chi connectivity index (χ1n) is 5.95. The van der Waals surface area contributed by atoms with Crippen molar-refractivity contribution < 1.29 is 13.6 Å². The van der Waals surface area contributed by atoms with Gasteiger partial charge in [-0.25, -0.2) is 8.78 Å². The van der Waals surface area contributed by atoms with Crippen LogP contribution >= 0.6 is 11.6 Å². The third-order valence-corrected chi connectivity index (χ3v) is 3.55. The van der Waals surface area contributed by atoms with E-state index in [9.17, 15) is 13.6 Å². The molecule has 1 N–H and O–H groups in total. The van der Waals surface area contributed by atoms with E-state index in [1.165, 1.54) is 0 Å². The molecule has 0 aliphatic heterocycles. The van der Waals surface area contributed by atoms with Crippen molar-refractivity contribution in [2.45, 2.75) is 37.1 Å². The van der Waals surface area contributed by atoms with Crippen molar-refractivity contribution >= 4 is 17.5 Å². The highest BCUT2D eigenvalue weighted by Gasteiger charge is 2.21. The van der Waals surface area contributed by atoms with Crippen molar-refractivity contribution in [3.05, 3.63) is 35.4 Å². The first kappa shape index (κ1) is 13.3. The maximum atomic E-state index is 13.0. The molecule has 0 saturated heterocycles. The molecule has 1 aromatic rings. The van der Waals surface area contributed by atoms with Gasteiger partial charge in [-0.3, -0.25) is 4.79 Å². The minimum absolute atomic E-state index is 0.0143. The lowest BCUT2D eigenvalue weighted by atomic mass is 9.95. The first-order chi connectivity index (χ1) is 8.54. The van der Waals surface area contributed by atoms with Crippen LogP contribution in [0.2, 0.25) is 0 Å². The zero-order valence-electron chi connectivity index (χ0n) is 9.76. The second-order valence-electron chi connectivity index (χ2n) is 4.58. The van der Waals surface area contributed by atoms with Crippen LogP contribution in [0.5, 0.6) is 0 Å². The quantitative estimate of drug-likeness (QED) is 0.824. The molecule has 2 rings (SSSR count). The number of nitrogens with one attached hydrogen (secondary N) is 1. The van der Waals surface area contributed by atoms with Crippen molar-refractivity contribution in [1.29, 1.82) is 0 Å². The summed E-state index contributed by atoms with van der Waals surface area (Å²) in [6, 6.07) is 2.85. The summed E-state index contributed by atoms with van der Waals surface area (Å²) in [6.07, 6.45) is 3.31. The van der Waals surface area contributed by atoms with Gasteiger partial charge >= 0.3 is 0 Å². The molecule has 0 aromatic heterocycles. The Morgan fingerprint density at radius 2 is 1.67 bits per heavy atom. The minimum atomic E-state index is -0.746. The minimum Gasteiger partial charge on any atom is -0.349 e. The molecule has 1 saturated carbocycles. The predicted molar refractivity (Wildman–Crippen MR) is 65.7 cm³/mol. The monoisotopic (exact) mass is 273 g/mol. The molecule has 5 heteroatoms. The van der Waals surface area contributed by atoms with Crippen LogP contribution in [0.3, 0.4) is 0 Å². The van der Waals surface area contributed by atoms with E-state index in [1.54, 1.807) is 0 Å². The molecule has 0 unspecified atom stereocenters. The van der Waals surface area contributed by atoms with Gasteiger partial charge in [-0.1, -0.05) is 0 Å². The van der Waals surface area contributed by atoms with Gasteiger partial charge in [-0.15, -0.1) is 11.6 Å². The summed E-state index contributed by atoms with van der Waals surface area (Å²) in [5.74, 6) is -1.93. The number of rotatable bonds is 2. The third-order valence-electron chi connectivity index (χ3n) is 3.12. The number of carbonyl (C=O) groups excluding carboxylic acids is 1. The van der Waals surface area contributed by atoms with Crippen LogP contribution in [0.4, 0.5) is 8.78 Å². The van der Waals surface area contributed by atoms with Gasteiger partial charge in [0.1, 0.15) is 11.6 Å². The predicted octanol–water partition coefficient (Wildman–Crippen LogP) is 3.24. The Morgan fingerprint density at radius 1 is 1.11 bits per heavy atom. The van der Waals surface area contributed by atoms with E-state index >= 15 is 0 Å².